The Morgan fingerprint density at radius 2 is 1.77 bits per heavy atom. The van der Waals surface area contributed by atoms with Crippen molar-refractivity contribution in [2.75, 3.05) is 20.3 Å². The molecule has 2 saturated heterocycles. The van der Waals surface area contributed by atoms with E-state index in [1.807, 2.05) is 0 Å². The molecule has 15 heteroatoms. The molecule has 2 aliphatic heterocycles. The van der Waals surface area contributed by atoms with E-state index in [2.05, 4.69) is 5.32 Å². The number of Topliss-reactive ketones (excluding diaryl/α,β-unsaturated/α-hetero) is 1. The minimum Gasteiger partial charge on any atom is -0.507 e. The lowest BCUT2D eigenvalue weighted by Gasteiger charge is -2.43. The Hall–Kier alpha value is -3.51. The second-order valence-electron chi connectivity index (χ2n) is 12.6. The lowest BCUT2D eigenvalue weighted by atomic mass is 9.72. The normalized spacial score (nSPS) is 34.9. The summed E-state index contributed by atoms with van der Waals surface area (Å²) in [6.07, 6.45) is -8.48. The molecule has 47 heavy (non-hydrogen) atoms. The summed E-state index contributed by atoms with van der Waals surface area (Å²) in [6.45, 7) is 2.00. The van der Waals surface area contributed by atoms with Gasteiger partial charge in [0.2, 0.25) is 11.6 Å². The van der Waals surface area contributed by atoms with Gasteiger partial charge in [-0.05, 0) is 19.9 Å². The molecule has 2 aliphatic carbocycles. The van der Waals surface area contributed by atoms with Gasteiger partial charge < -0.3 is 60.0 Å². The number of hydrogen-bond acceptors (Lipinski definition) is 15. The highest BCUT2D eigenvalue weighted by molar-refractivity contribution is 6.31. The number of phenols is 2. The van der Waals surface area contributed by atoms with Gasteiger partial charge in [-0.25, -0.2) is 0 Å². The van der Waals surface area contributed by atoms with Crippen molar-refractivity contribution in [3.63, 3.8) is 0 Å². The molecule has 0 saturated carbocycles. The van der Waals surface area contributed by atoms with Gasteiger partial charge in [-0.1, -0.05) is 12.1 Å². The van der Waals surface area contributed by atoms with E-state index in [0.29, 0.717) is 0 Å². The number of methoxy groups -OCH3 is 1. The highest BCUT2D eigenvalue weighted by Crippen LogP contribution is 2.52. The zero-order valence-corrected chi connectivity index (χ0v) is 25.8. The molecule has 0 radical (unpaired) electrons. The quantitative estimate of drug-likeness (QED) is 0.143. The summed E-state index contributed by atoms with van der Waals surface area (Å²) in [7, 11) is 1.32. The average molecular weight is 660 g/mol. The first kappa shape index (κ1) is 33.4. The minimum atomic E-state index is -2.13. The molecule has 2 aromatic rings. The molecular formula is C32H37NO14. The van der Waals surface area contributed by atoms with Crippen molar-refractivity contribution in [1.82, 2.24) is 5.32 Å². The highest BCUT2D eigenvalue weighted by atomic mass is 16.7. The number of carbonyl (C=O) groups is 3. The van der Waals surface area contributed by atoms with Crippen molar-refractivity contribution >= 4 is 17.3 Å². The van der Waals surface area contributed by atoms with Gasteiger partial charge in [0.1, 0.15) is 35.1 Å². The van der Waals surface area contributed by atoms with E-state index in [1.165, 1.54) is 25.3 Å². The van der Waals surface area contributed by atoms with Crippen molar-refractivity contribution in [2.24, 2.45) is 0 Å². The Morgan fingerprint density at radius 1 is 1.06 bits per heavy atom. The molecule has 0 aromatic heterocycles. The van der Waals surface area contributed by atoms with Gasteiger partial charge in [0, 0.05) is 42.0 Å². The molecule has 0 amide bonds. The number of aliphatic hydroxyl groups excluding tert-OH is 3. The summed E-state index contributed by atoms with van der Waals surface area (Å²) in [5.74, 6) is -5.65. The van der Waals surface area contributed by atoms with Crippen LogP contribution in [0.25, 0.3) is 0 Å². The van der Waals surface area contributed by atoms with Gasteiger partial charge >= 0.3 is 0 Å². The Morgan fingerprint density at radius 3 is 2.40 bits per heavy atom. The van der Waals surface area contributed by atoms with Crippen molar-refractivity contribution in [3.05, 3.63) is 51.6 Å². The van der Waals surface area contributed by atoms with Crippen LogP contribution in [0, 0.1) is 0 Å². The van der Waals surface area contributed by atoms with Crippen LogP contribution in [-0.2, 0) is 25.4 Å². The SMILES string of the molecule is COc1cccc2c1C(=O)c1c(O)c3c(c(O)c1C2=O)CC(O)(C(C)=O)CC3OC1CC(NCC2(O)OCC(O)C2O)C(O)C(C)O1. The van der Waals surface area contributed by atoms with E-state index < -0.39 is 107 Å². The van der Waals surface area contributed by atoms with Gasteiger partial charge in [0.15, 0.2) is 17.9 Å². The maximum Gasteiger partial charge on any atom is 0.207 e. The number of aromatic hydroxyl groups is 2. The molecule has 15 nitrogen and oxygen atoms in total. The Labute approximate surface area is 268 Å². The van der Waals surface area contributed by atoms with Crippen molar-refractivity contribution in [2.45, 2.75) is 87.3 Å². The standard InChI is InChI=1S/C32H37NO14/c1-12-25(36)16(33-11-32(43)30(41)17(35)10-45-32)7-20(46-12)47-19-9-31(42,13(2)34)8-15-22(19)29(40)24-23(27(15)38)26(37)14-5-4-6-18(44-3)21(14)28(24)39/h4-6,12,16-17,19-20,25,30,33,35-36,38,40-43H,7-11H2,1-3H3. The summed E-state index contributed by atoms with van der Waals surface area (Å²) >= 11 is 0. The predicted octanol–water partition coefficient (Wildman–Crippen LogP) is -0.900. The van der Waals surface area contributed by atoms with Crippen LogP contribution in [0.15, 0.2) is 18.2 Å². The molecule has 0 spiro atoms. The fourth-order valence-electron chi connectivity index (χ4n) is 6.97. The molecular weight excluding hydrogens is 622 g/mol. The number of hydrogen-bond donors (Lipinski definition) is 8. The van der Waals surface area contributed by atoms with Crippen LogP contribution in [0.4, 0.5) is 0 Å². The monoisotopic (exact) mass is 659 g/mol. The fourth-order valence-corrected chi connectivity index (χ4v) is 6.97. The van der Waals surface area contributed by atoms with E-state index in [-0.39, 0.29) is 47.6 Å². The Kier molecular flexibility index (Phi) is 8.44. The van der Waals surface area contributed by atoms with Crippen molar-refractivity contribution < 1.29 is 69.1 Å². The highest BCUT2D eigenvalue weighted by Gasteiger charge is 2.51. The average Bonchev–Trinajstić information content (AvgIpc) is 3.29. The molecule has 8 N–H and O–H groups in total. The van der Waals surface area contributed by atoms with Crippen molar-refractivity contribution in [1.29, 1.82) is 0 Å². The molecule has 9 unspecified atom stereocenters. The molecule has 6 rings (SSSR count). The van der Waals surface area contributed by atoms with Crippen LogP contribution in [0.3, 0.4) is 0 Å². The summed E-state index contributed by atoms with van der Waals surface area (Å²) in [4.78, 5) is 40.2. The van der Waals surface area contributed by atoms with Crippen LogP contribution >= 0.6 is 0 Å². The molecule has 0 bridgehead atoms. The fraction of sp³-hybridized carbons (Fsp3) is 0.531. The van der Waals surface area contributed by atoms with Crippen LogP contribution in [-0.4, -0.2) is 121 Å². The molecule has 2 aromatic carbocycles. The van der Waals surface area contributed by atoms with Gasteiger partial charge in [-0.15, -0.1) is 0 Å². The molecule has 2 fully saturated rings. The third kappa shape index (κ3) is 5.31. The van der Waals surface area contributed by atoms with E-state index >= 15 is 0 Å². The minimum absolute atomic E-state index is 0.0571. The Balaban J connectivity index is 1.36. The van der Waals surface area contributed by atoms with Crippen LogP contribution in [0.2, 0.25) is 0 Å². The van der Waals surface area contributed by atoms with Crippen LogP contribution in [0.1, 0.15) is 75.8 Å². The number of ether oxygens (including phenoxy) is 4. The number of phenolic OH excluding ortho intramolecular Hbond substituents is 2. The topological polar surface area (TPSA) is 242 Å². The number of benzene rings is 2. The number of aliphatic hydroxyl groups is 5. The first-order valence-corrected chi connectivity index (χ1v) is 15.2. The molecule has 4 aliphatic rings. The largest absolute Gasteiger partial charge is 0.507 e. The summed E-state index contributed by atoms with van der Waals surface area (Å²) in [6, 6.07) is 3.53. The second kappa shape index (κ2) is 11.9. The predicted molar refractivity (Wildman–Crippen MR) is 157 cm³/mol. The van der Waals surface area contributed by atoms with E-state index in [4.69, 9.17) is 18.9 Å². The number of ketones is 3. The number of rotatable bonds is 7. The second-order valence-corrected chi connectivity index (χ2v) is 12.6. The van der Waals surface area contributed by atoms with Gasteiger partial charge in [0.25, 0.3) is 0 Å². The first-order chi connectivity index (χ1) is 22.1. The van der Waals surface area contributed by atoms with E-state index in [1.54, 1.807) is 6.92 Å². The maximum atomic E-state index is 13.8. The van der Waals surface area contributed by atoms with Gasteiger partial charge in [0.05, 0.1) is 55.3 Å². The molecule has 9 atom stereocenters. The number of carbonyl (C=O) groups excluding carboxylic acids is 3. The smallest absolute Gasteiger partial charge is 0.207 e. The maximum absolute atomic E-state index is 13.8. The van der Waals surface area contributed by atoms with Crippen LogP contribution in [0.5, 0.6) is 17.2 Å². The molecule has 2 heterocycles. The first-order valence-electron chi connectivity index (χ1n) is 15.2. The number of fused-ring (bicyclic) bond motifs is 3. The third-order valence-electron chi connectivity index (χ3n) is 9.70. The van der Waals surface area contributed by atoms with Crippen molar-refractivity contribution in [3.8, 4) is 17.2 Å². The zero-order chi connectivity index (χ0) is 34.2. The summed E-state index contributed by atoms with van der Waals surface area (Å²) in [5, 5.41) is 78.9. The zero-order valence-electron chi connectivity index (χ0n) is 25.8. The lowest BCUT2D eigenvalue weighted by Crippen LogP contribution is -2.59. The molecule has 254 valence electrons. The third-order valence-corrected chi connectivity index (χ3v) is 9.70. The van der Waals surface area contributed by atoms with Gasteiger partial charge in [-0.3, -0.25) is 14.4 Å². The summed E-state index contributed by atoms with van der Waals surface area (Å²) < 4.78 is 22.5. The van der Waals surface area contributed by atoms with Crippen LogP contribution < -0.4 is 10.1 Å². The van der Waals surface area contributed by atoms with E-state index in [0.717, 1.165) is 6.92 Å². The number of nitrogens with one attached hydrogen (secondary N) is 1. The Bertz CT molecular complexity index is 1640. The van der Waals surface area contributed by atoms with E-state index in [9.17, 15) is 50.1 Å². The lowest BCUT2D eigenvalue weighted by molar-refractivity contribution is -0.254. The summed E-state index contributed by atoms with van der Waals surface area (Å²) in [5.41, 5.74) is -3.50. The van der Waals surface area contributed by atoms with Gasteiger partial charge in [-0.2, -0.15) is 0 Å².